The van der Waals surface area contributed by atoms with Crippen LogP contribution in [0.15, 0.2) is 18.2 Å². The summed E-state index contributed by atoms with van der Waals surface area (Å²) in [5.74, 6) is -2.07. The molecule has 1 aliphatic rings. The summed E-state index contributed by atoms with van der Waals surface area (Å²) in [5, 5.41) is 22.2. The number of rotatable bonds is 5. The lowest BCUT2D eigenvalue weighted by Crippen LogP contribution is -2.45. The van der Waals surface area contributed by atoms with E-state index in [-0.39, 0.29) is 17.8 Å². The van der Waals surface area contributed by atoms with Crippen molar-refractivity contribution >= 4 is 23.5 Å². The standard InChI is InChI=1S/C15H17N3O6/c1-9-7-10(4-5-11(9)18(23)24)14(20)16-8-13(19)17-6-2-3-12(17)15(21)22/h4-5,7,12H,2-3,6,8H2,1H3,(H,16,20)(H,21,22)/t12-/m0/s1. The van der Waals surface area contributed by atoms with E-state index in [0.29, 0.717) is 24.9 Å². The van der Waals surface area contributed by atoms with Gasteiger partial charge in [0.15, 0.2) is 0 Å². The minimum atomic E-state index is -1.06. The first kappa shape index (κ1) is 17.4. The number of nitrogens with zero attached hydrogens (tertiary/aromatic N) is 2. The van der Waals surface area contributed by atoms with Crippen LogP contribution in [0.4, 0.5) is 5.69 Å². The van der Waals surface area contributed by atoms with Crippen molar-refractivity contribution < 1.29 is 24.4 Å². The lowest BCUT2D eigenvalue weighted by molar-refractivity contribution is -0.385. The molecule has 2 N–H and O–H groups in total. The van der Waals surface area contributed by atoms with Gasteiger partial charge in [-0.2, -0.15) is 0 Å². The maximum atomic E-state index is 12.1. The number of nitro benzene ring substituents is 1. The molecule has 9 heteroatoms. The molecular formula is C15H17N3O6. The molecule has 1 saturated heterocycles. The molecule has 24 heavy (non-hydrogen) atoms. The van der Waals surface area contributed by atoms with Crippen molar-refractivity contribution in [2.75, 3.05) is 13.1 Å². The van der Waals surface area contributed by atoms with Crippen LogP contribution >= 0.6 is 0 Å². The number of aliphatic carboxylic acids is 1. The fraction of sp³-hybridized carbons (Fsp3) is 0.400. The Balaban J connectivity index is 1.98. The van der Waals surface area contributed by atoms with E-state index in [1.54, 1.807) is 0 Å². The topological polar surface area (TPSA) is 130 Å². The van der Waals surface area contributed by atoms with Gasteiger partial charge >= 0.3 is 5.97 Å². The number of nitrogens with one attached hydrogen (secondary N) is 1. The molecule has 0 aromatic heterocycles. The zero-order valence-corrected chi connectivity index (χ0v) is 13.0. The average Bonchev–Trinajstić information content (AvgIpc) is 3.01. The molecule has 1 atom stereocenters. The first-order valence-electron chi connectivity index (χ1n) is 7.36. The molecule has 0 unspecified atom stereocenters. The molecule has 1 aromatic carbocycles. The second-order valence-electron chi connectivity index (χ2n) is 5.52. The fourth-order valence-electron chi connectivity index (χ4n) is 2.68. The van der Waals surface area contributed by atoms with Crippen molar-refractivity contribution in [3.05, 3.63) is 39.4 Å². The molecule has 1 fully saturated rings. The van der Waals surface area contributed by atoms with Crippen molar-refractivity contribution in [3.8, 4) is 0 Å². The van der Waals surface area contributed by atoms with E-state index >= 15 is 0 Å². The number of hydrogen-bond donors (Lipinski definition) is 2. The van der Waals surface area contributed by atoms with Gasteiger partial charge in [0.2, 0.25) is 5.91 Å². The molecule has 0 spiro atoms. The minimum absolute atomic E-state index is 0.0935. The molecule has 1 aliphatic heterocycles. The zero-order chi connectivity index (χ0) is 17.9. The van der Waals surface area contributed by atoms with Gasteiger partial charge < -0.3 is 15.3 Å². The van der Waals surface area contributed by atoms with E-state index in [2.05, 4.69) is 5.32 Å². The number of amides is 2. The van der Waals surface area contributed by atoms with Crippen molar-refractivity contribution in [3.63, 3.8) is 0 Å². The number of carboxylic acid groups (broad SMARTS) is 1. The molecule has 0 bridgehead atoms. The first-order chi connectivity index (χ1) is 11.3. The van der Waals surface area contributed by atoms with Gasteiger partial charge in [-0.05, 0) is 31.9 Å². The molecule has 2 rings (SSSR count). The Bertz CT molecular complexity index is 702. The average molecular weight is 335 g/mol. The molecule has 0 saturated carbocycles. The third-order valence-corrected chi connectivity index (χ3v) is 3.91. The quantitative estimate of drug-likeness (QED) is 0.602. The highest BCUT2D eigenvalue weighted by Crippen LogP contribution is 2.19. The number of hydrogen-bond acceptors (Lipinski definition) is 5. The Morgan fingerprint density at radius 3 is 2.71 bits per heavy atom. The summed E-state index contributed by atoms with van der Waals surface area (Å²) in [4.78, 5) is 46.6. The molecule has 128 valence electrons. The van der Waals surface area contributed by atoms with Gasteiger partial charge in [0.1, 0.15) is 6.04 Å². The van der Waals surface area contributed by atoms with E-state index in [1.807, 2.05) is 0 Å². The lowest BCUT2D eigenvalue weighted by atomic mass is 10.1. The molecule has 2 amide bonds. The summed E-state index contributed by atoms with van der Waals surface area (Å²) in [5.41, 5.74) is 0.440. The maximum Gasteiger partial charge on any atom is 0.326 e. The molecule has 9 nitrogen and oxygen atoms in total. The van der Waals surface area contributed by atoms with Crippen LogP contribution in [0.3, 0.4) is 0 Å². The summed E-state index contributed by atoms with van der Waals surface area (Å²) in [6, 6.07) is 3.05. The number of carbonyl (C=O) groups is 3. The number of carboxylic acids is 1. The van der Waals surface area contributed by atoms with Crippen molar-refractivity contribution in [2.24, 2.45) is 0 Å². The summed E-state index contributed by atoms with van der Waals surface area (Å²) in [7, 11) is 0. The third-order valence-electron chi connectivity index (χ3n) is 3.91. The number of aryl methyl sites for hydroxylation is 1. The van der Waals surface area contributed by atoms with Gasteiger partial charge in [0.05, 0.1) is 11.5 Å². The van der Waals surface area contributed by atoms with E-state index in [9.17, 15) is 24.5 Å². The Kier molecular flexibility index (Phi) is 5.12. The van der Waals surface area contributed by atoms with Gasteiger partial charge in [-0.25, -0.2) is 4.79 Å². The minimum Gasteiger partial charge on any atom is -0.480 e. The summed E-state index contributed by atoms with van der Waals surface area (Å²) in [6.07, 6.45) is 1.01. The van der Waals surface area contributed by atoms with Crippen LogP contribution in [0.2, 0.25) is 0 Å². The summed E-state index contributed by atoms with van der Waals surface area (Å²) >= 11 is 0. The highest BCUT2D eigenvalue weighted by molar-refractivity contribution is 5.97. The fourth-order valence-corrected chi connectivity index (χ4v) is 2.68. The van der Waals surface area contributed by atoms with Gasteiger partial charge in [0.25, 0.3) is 11.6 Å². The second-order valence-corrected chi connectivity index (χ2v) is 5.52. The Labute approximate surface area is 137 Å². The Morgan fingerprint density at radius 1 is 1.42 bits per heavy atom. The molecule has 0 aliphatic carbocycles. The van der Waals surface area contributed by atoms with Crippen LogP contribution in [0.1, 0.15) is 28.8 Å². The van der Waals surface area contributed by atoms with Crippen LogP contribution in [-0.4, -0.2) is 51.8 Å². The van der Waals surface area contributed by atoms with Gasteiger partial charge in [-0.3, -0.25) is 19.7 Å². The smallest absolute Gasteiger partial charge is 0.326 e. The number of nitro groups is 1. The molecule has 1 aromatic rings. The van der Waals surface area contributed by atoms with Crippen LogP contribution < -0.4 is 5.32 Å². The molecular weight excluding hydrogens is 318 g/mol. The number of benzene rings is 1. The SMILES string of the molecule is Cc1cc(C(=O)NCC(=O)N2CCC[C@H]2C(=O)O)ccc1[N+](=O)[O-]. The Hall–Kier alpha value is -2.97. The van der Waals surface area contributed by atoms with E-state index in [0.717, 1.165) is 0 Å². The largest absolute Gasteiger partial charge is 0.480 e. The lowest BCUT2D eigenvalue weighted by Gasteiger charge is -2.21. The maximum absolute atomic E-state index is 12.1. The van der Waals surface area contributed by atoms with Gasteiger partial charge in [0, 0.05) is 23.7 Å². The van der Waals surface area contributed by atoms with Gasteiger partial charge in [-0.1, -0.05) is 0 Å². The van der Waals surface area contributed by atoms with Crippen molar-refractivity contribution in [2.45, 2.75) is 25.8 Å². The van der Waals surface area contributed by atoms with Crippen LogP contribution in [0.25, 0.3) is 0 Å². The Morgan fingerprint density at radius 2 is 2.12 bits per heavy atom. The van der Waals surface area contributed by atoms with E-state index in [1.165, 1.54) is 30.0 Å². The van der Waals surface area contributed by atoms with E-state index < -0.39 is 28.7 Å². The van der Waals surface area contributed by atoms with Crippen LogP contribution in [0.5, 0.6) is 0 Å². The second kappa shape index (κ2) is 7.07. The predicted octanol–water partition coefficient (Wildman–Crippen LogP) is 0.709. The first-order valence-corrected chi connectivity index (χ1v) is 7.36. The number of carbonyl (C=O) groups excluding carboxylic acids is 2. The third kappa shape index (κ3) is 3.67. The van der Waals surface area contributed by atoms with Crippen molar-refractivity contribution in [1.29, 1.82) is 0 Å². The van der Waals surface area contributed by atoms with E-state index in [4.69, 9.17) is 5.11 Å². The summed E-state index contributed by atoms with van der Waals surface area (Å²) < 4.78 is 0. The highest BCUT2D eigenvalue weighted by atomic mass is 16.6. The van der Waals surface area contributed by atoms with Crippen LogP contribution in [-0.2, 0) is 9.59 Å². The van der Waals surface area contributed by atoms with Crippen molar-refractivity contribution in [1.82, 2.24) is 10.2 Å². The monoisotopic (exact) mass is 335 g/mol. The number of likely N-dealkylation sites (tertiary alicyclic amines) is 1. The predicted molar refractivity (Wildman–Crippen MR) is 82.5 cm³/mol. The zero-order valence-electron chi connectivity index (χ0n) is 13.0. The molecule has 0 radical (unpaired) electrons. The summed E-state index contributed by atoms with van der Waals surface area (Å²) in [6.45, 7) is 1.54. The highest BCUT2D eigenvalue weighted by Gasteiger charge is 2.33. The van der Waals surface area contributed by atoms with Gasteiger partial charge in [-0.15, -0.1) is 0 Å². The molecule has 1 heterocycles. The van der Waals surface area contributed by atoms with Crippen LogP contribution in [0, 0.1) is 17.0 Å². The normalized spacial score (nSPS) is 16.7.